The molecule has 172 valence electrons. The van der Waals surface area contributed by atoms with E-state index in [0.29, 0.717) is 0 Å². The van der Waals surface area contributed by atoms with E-state index in [1.54, 1.807) is 0 Å². The quantitative estimate of drug-likeness (QED) is 0.499. The van der Waals surface area contributed by atoms with Crippen LogP contribution in [0.4, 0.5) is 0 Å². The SMILES string of the molecule is COC(=O)[C@@H]1[C@H](C(=O)O)[C@@H]2C=C[C@@H]1C21CC1.COC(=O)[C@H]1[C@@H](C(=O)O)[C@H]2C=C[C@H]1C21CC1. The van der Waals surface area contributed by atoms with Crippen molar-refractivity contribution >= 4 is 23.9 Å². The van der Waals surface area contributed by atoms with Gasteiger partial charge >= 0.3 is 23.9 Å². The van der Waals surface area contributed by atoms with Gasteiger partial charge in [-0.1, -0.05) is 24.3 Å². The molecule has 0 amide bonds. The van der Waals surface area contributed by atoms with E-state index in [4.69, 9.17) is 9.47 Å². The summed E-state index contributed by atoms with van der Waals surface area (Å²) in [6.07, 6.45) is 12.2. The summed E-state index contributed by atoms with van der Waals surface area (Å²) in [5.41, 5.74) is 0.170. The Morgan fingerprint density at radius 2 is 0.906 bits per heavy atom. The second-order valence-electron chi connectivity index (χ2n) is 10.2. The molecule has 0 heterocycles. The fourth-order valence-corrected chi connectivity index (χ4v) is 7.59. The molecule has 4 bridgehead atoms. The van der Waals surface area contributed by atoms with Crippen molar-refractivity contribution < 1.29 is 38.9 Å². The third-order valence-electron chi connectivity index (χ3n) is 9.20. The highest BCUT2D eigenvalue weighted by Gasteiger charge is 2.71. The van der Waals surface area contributed by atoms with Crippen LogP contribution >= 0.6 is 0 Å². The van der Waals surface area contributed by atoms with Crippen LogP contribution < -0.4 is 0 Å². The zero-order valence-electron chi connectivity index (χ0n) is 18.1. The summed E-state index contributed by atoms with van der Waals surface area (Å²) in [5, 5.41) is 18.5. The average molecular weight is 444 g/mol. The molecule has 0 aromatic rings. The summed E-state index contributed by atoms with van der Waals surface area (Å²) in [4.78, 5) is 46.0. The topological polar surface area (TPSA) is 127 Å². The van der Waals surface area contributed by atoms with Gasteiger partial charge in [-0.3, -0.25) is 19.2 Å². The maximum absolute atomic E-state index is 11.7. The molecule has 4 fully saturated rings. The molecule has 2 spiro atoms. The molecule has 0 aromatic heterocycles. The molecule has 32 heavy (non-hydrogen) atoms. The molecule has 2 N–H and O–H groups in total. The van der Waals surface area contributed by atoms with E-state index in [1.165, 1.54) is 14.2 Å². The number of ether oxygens (including phenoxy) is 2. The standard InChI is InChI=1S/2C12H14O4/c2*1-16-11(15)9-7-3-2-6(8(9)10(13)14)12(7)4-5-12/h2*2-3,6-9H,4-5H2,1H3,(H,13,14)/t2*6-,7-,8+,9-/m10/s1. The number of esters is 2. The molecule has 0 aromatic carbocycles. The van der Waals surface area contributed by atoms with Crippen molar-refractivity contribution in [1.82, 2.24) is 0 Å². The first-order chi connectivity index (χ1) is 15.2. The molecular weight excluding hydrogens is 416 g/mol. The molecule has 8 heteroatoms. The Kier molecular flexibility index (Phi) is 4.59. The van der Waals surface area contributed by atoms with Crippen molar-refractivity contribution in [3.05, 3.63) is 24.3 Å². The lowest BCUT2D eigenvalue weighted by Crippen LogP contribution is -2.33. The number of hydrogen-bond donors (Lipinski definition) is 2. The number of carbonyl (C=O) groups excluding carboxylic acids is 2. The van der Waals surface area contributed by atoms with E-state index in [-0.39, 0.29) is 46.4 Å². The van der Waals surface area contributed by atoms with Crippen molar-refractivity contribution in [3.8, 4) is 0 Å². The van der Waals surface area contributed by atoms with Gasteiger partial charge in [0, 0.05) is 0 Å². The summed E-state index contributed by atoms with van der Waals surface area (Å²) >= 11 is 0. The van der Waals surface area contributed by atoms with Gasteiger partial charge in [-0.05, 0) is 60.2 Å². The predicted octanol–water partition coefficient (Wildman–Crippen LogP) is 2.14. The van der Waals surface area contributed by atoms with Gasteiger partial charge in [0.2, 0.25) is 0 Å². The number of methoxy groups -OCH3 is 2. The zero-order valence-corrected chi connectivity index (χ0v) is 18.1. The van der Waals surface area contributed by atoms with Crippen LogP contribution in [0.2, 0.25) is 0 Å². The van der Waals surface area contributed by atoms with Crippen molar-refractivity contribution in [3.63, 3.8) is 0 Å². The second kappa shape index (κ2) is 6.93. The maximum Gasteiger partial charge on any atom is 0.310 e. The number of allylic oxidation sites excluding steroid dienone is 4. The van der Waals surface area contributed by atoms with Gasteiger partial charge in [0.05, 0.1) is 37.9 Å². The molecule has 8 atom stereocenters. The Labute approximate surface area is 185 Å². The number of carboxylic acids is 2. The Bertz CT molecular complexity index is 864. The Balaban J connectivity index is 0.000000135. The number of carboxylic acid groups (broad SMARTS) is 2. The van der Waals surface area contributed by atoms with E-state index in [2.05, 4.69) is 0 Å². The van der Waals surface area contributed by atoms with Gasteiger partial charge in [0.25, 0.3) is 0 Å². The minimum absolute atomic E-state index is 0.0408. The van der Waals surface area contributed by atoms with Gasteiger partial charge in [-0.2, -0.15) is 0 Å². The highest BCUT2D eigenvalue weighted by Crippen LogP contribution is 2.73. The fraction of sp³-hybridized carbons (Fsp3) is 0.667. The first kappa shape index (κ1) is 21.2. The Morgan fingerprint density at radius 3 is 1.12 bits per heavy atom. The molecular formula is C24H28O8. The molecule has 0 aliphatic heterocycles. The summed E-state index contributed by atoms with van der Waals surface area (Å²) < 4.78 is 9.50. The summed E-state index contributed by atoms with van der Waals surface area (Å²) in [7, 11) is 2.66. The van der Waals surface area contributed by atoms with E-state index < -0.39 is 35.6 Å². The van der Waals surface area contributed by atoms with Crippen molar-refractivity contribution in [1.29, 1.82) is 0 Å². The minimum atomic E-state index is -0.862. The number of hydrogen-bond acceptors (Lipinski definition) is 6. The lowest BCUT2D eigenvalue weighted by atomic mass is 9.83. The molecule has 4 saturated carbocycles. The number of carbonyl (C=O) groups is 4. The van der Waals surface area contributed by atoms with Gasteiger partial charge in [0.1, 0.15) is 0 Å². The van der Waals surface area contributed by atoms with E-state index in [1.807, 2.05) is 24.3 Å². The third-order valence-corrected chi connectivity index (χ3v) is 9.20. The van der Waals surface area contributed by atoms with Gasteiger partial charge in [-0.25, -0.2) is 0 Å². The van der Waals surface area contributed by atoms with Crippen LogP contribution in [0.25, 0.3) is 0 Å². The first-order valence-corrected chi connectivity index (χ1v) is 11.2. The van der Waals surface area contributed by atoms with Crippen molar-refractivity contribution in [2.45, 2.75) is 25.7 Å². The lowest BCUT2D eigenvalue weighted by Gasteiger charge is -2.21. The monoisotopic (exact) mass is 444 g/mol. The number of aliphatic carboxylic acids is 2. The predicted molar refractivity (Wildman–Crippen MR) is 109 cm³/mol. The molecule has 0 unspecified atom stereocenters. The fourth-order valence-electron chi connectivity index (χ4n) is 7.59. The van der Waals surface area contributed by atoms with Gasteiger partial charge in [0.15, 0.2) is 0 Å². The highest BCUT2D eigenvalue weighted by atomic mass is 16.5. The largest absolute Gasteiger partial charge is 0.481 e. The summed E-state index contributed by atoms with van der Waals surface area (Å²) in [6.45, 7) is 0. The molecule has 8 nitrogen and oxygen atoms in total. The Morgan fingerprint density at radius 1 is 0.625 bits per heavy atom. The van der Waals surface area contributed by atoms with Gasteiger partial charge in [-0.15, -0.1) is 0 Å². The normalized spacial score (nSPS) is 41.3. The van der Waals surface area contributed by atoms with Crippen molar-refractivity contribution in [2.24, 2.45) is 58.2 Å². The molecule has 0 saturated heterocycles. The van der Waals surface area contributed by atoms with Crippen LogP contribution in [-0.2, 0) is 28.7 Å². The van der Waals surface area contributed by atoms with Crippen LogP contribution in [0.5, 0.6) is 0 Å². The third kappa shape index (κ3) is 2.61. The zero-order chi connectivity index (χ0) is 23.0. The smallest absolute Gasteiger partial charge is 0.310 e. The summed E-state index contributed by atoms with van der Waals surface area (Å²) in [5.74, 6) is -4.30. The number of rotatable bonds is 4. The molecule has 6 rings (SSSR count). The van der Waals surface area contributed by atoms with Gasteiger partial charge < -0.3 is 19.7 Å². The van der Waals surface area contributed by atoms with Crippen LogP contribution in [0.3, 0.4) is 0 Å². The summed E-state index contributed by atoms with van der Waals surface area (Å²) in [6, 6.07) is 0. The van der Waals surface area contributed by atoms with E-state index in [9.17, 15) is 29.4 Å². The minimum Gasteiger partial charge on any atom is -0.481 e. The molecule has 0 radical (unpaired) electrons. The van der Waals surface area contributed by atoms with Crippen molar-refractivity contribution in [2.75, 3.05) is 14.2 Å². The average Bonchev–Trinajstić information content (AvgIpc) is 3.64. The Hall–Kier alpha value is -2.64. The first-order valence-electron chi connectivity index (χ1n) is 11.2. The molecule has 6 aliphatic carbocycles. The van der Waals surface area contributed by atoms with E-state index >= 15 is 0 Å². The lowest BCUT2D eigenvalue weighted by molar-refractivity contribution is -0.156. The van der Waals surface area contributed by atoms with Crippen LogP contribution in [0, 0.1) is 58.2 Å². The maximum atomic E-state index is 11.7. The highest BCUT2D eigenvalue weighted by molar-refractivity contribution is 5.85. The van der Waals surface area contributed by atoms with Crippen LogP contribution in [0.1, 0.15) is 25.7 Å². The molecule has 6 aliphatic rings. The second-order valence-corrected chi connectivity index (χ2v) is 10.2. The van der Waals surface area contributed by atoms with E-state index in [0.717, 1.165) is 25.7 Å². The van der Waals surface area contributed by atoms with Crippen LogP contribution in [0.15, 0.2) is 24.3 Å². The van der Waals surface area contributed by atoms with Crippen LogP contribution in [-0.4, -0.2) is 48.3 Å².